The second-order valence-corrected chi connectivity index (χ2v) is 3.74. The van der Waals surface area contributed by atoms with E-state index in [0.717, 1.165) is 12.1 Å². The van der Waals surface area contributed by atoms with Crippen LogP contribution in [0, 0.1) is 5.82 Å². The molecule has 17 heavy (non-hydrogen) atoms. The van der Waals surface area contributed by atoms with Gasteiger partial charge < -0.3 is 11.1 Å². The summed E-state index contributed by atoms with van der Waals surface area (Å²) in [5.41, 5.74) is 7.35. The molecule has 0 unspecified atom stereocenters. The van der Waals surface area contributed by atoms with Gasteiger partial charge in [0.15, 0.2) is 0 Å². The van der Waals surface area contributed by atoms with Crippen molar-refractivity contribution in [2.24, 2.45) is 0 Å². The van der Waals surface area contributed by atoms with Crippen LogP contribution in [-0.4, -0.2) is 11.5 Å². The fourth-order valence-electron chi connectivity index (χ4n) is 1.55. The van der Waals surface area contributed by atoms with Crippen LogP contribution >= 0.6 is 0 Å². The van der Waals surface area contributed by atoms with Gasteiger partial charge in [-0.1, -0.05) is 6.07 Å². The third-order valence-corrected chi connectivity index (χ3v) is 2.42. The summed E-state index contributed by atoms with van der Waals surface area (Å²) in [6.45, 7) is 0.637. The summed E-state index contributed by atoms with van der Waals surface area (Å²) < 4.78 is 13.4. The zero-order valence-electron chi connectivity index (χ0n) is 9.36. The molecule has 0 saturated carbocycles. The molecule has 3 N–H and O–H groups in total. The van der Waals surface area contributed by atoms with Gasteiger partial charge in [0.25, 0.3) is 0 Å². The summed E-state index contributed by atoms with van der Waals surface area (Å²) in [6.07, 6.45) is 2.50. The predicted molar refractivity (Wildman–Crippen MR) is 67.2 cm³/mol. The molecule has 0 saturated heterocycles. The minimum absolute atomic E-state index is 0.328. The number of nitrogens with one attached hydrogen (secondary N) is 1. The van der Waals surface area contributed by atoms with Crippen molar-refractivity contribution in [3.8, 4) is 0 Å². The molecule has 0 fully saturated rings. The number of hydrogen-bond acceptors (Lipinski definition) is 3. The molecule has 1 heterocycles. The fraction of sp³-hybridized carbons (Fsp3) is 0.154. The second-order valence-electron chi connectivity index (χ2n) is 3.74. The molecule has 0 aliphatic rings. The van der Waals surface area contributed by atoms with Crippen molar-refractivity contribution in [1.82, 2.24) is 4.98 Å². The lowest BCUT2D eigenvalue weighted by atomic mass is 10.2. The van der Waals surface area contributed by atoms with Crippen LogP contribution in [-0.2, 0) is 6.42 Å². The van der Waals surface area contributed by atoms with E-state index in [4.69, 9.17) is 5.73 Å². The van der Waals surface area contributed by atoms with Crippen molar-refractivity contribution in [1.29, 1.82) is 0 Å². The van der Waals surface area contributed by atoms with E-state index in [9.17, 15) is 4.39 Å². The van der Waals surface area contributed by atoms with Crippen LogP contribution in [0.2, 0.25) is 0 Å². The average Bonchev–Trinajstić information content (AvgIpc) is 2.33. The summed E-state index contributed by atoms with van der Waals surface area (Å²) in [5, 5.41) is 3.02. The molecule has 3 nitrogen and oxygen atoms in total. The third kappa shape index (κ3) is 3.17. The molecule has 0 aliphatic heterocycles. The Morgan fingerprint density at radius 3 is 2.82 bits per heavy atom. The number of anilines is 2. The molecular formula is C13H14FN3. The minimum Gasteiger partial charge on any atom is -0.399 e. The average molecular weight is 231 g/mol. The van der Waals surface area contributed by atoms with Crippen molar-refractivity contribution in [3.05, 3.63) is 54.1 Å². The summed E-state index contributed by atoms with van der Waals surface area (Å²) in [6, 6.07) is 10.4. The van der Waals surface area contributed by atoms with Crippen molar-refractivity contribution in [2.75, 3.05) is 17.6 Å². The number of rotatable bonds is 4. The Bertz CT molecular complexity index is 485. The molecule has 0 radical (unpaired) electrons. The number of halogens is 1. The van der Waals surface area contributed by atoms with E-state index in [1.807, 2.05) is 18.2 Å². The Hall–Kier alpha value is -2.10. The van der Waals surface area contributed by atoms with Crippen LogP contribution in [0.4, 0.5) is 15.8 Å². The number of aromatic nitrogens is 1. The molecule has 1 aromatic carbocycles. The Balaban J connectivity index is 1.90. The molecule has 2 rings (SSSR count). The lowest BCUT2D eigenvalue weighted by Crippen LogP contribution is -2.07. The van der Waals surface area contributed by atoms with Gasteiger partial charge in [-0.3, -0.25) is 4.98 Å². The van der Waals surface area contributed by atoms with Crippen LogP contribution in [0.25, 0.3) is 0 Å². The van der Waals surface area contributed by atoms with Crippen LogP contribution in [0.5, 0.6) is 0 Å². The Labute approximate surface area is 99.5 Å². The van der Waals surface area contributed by atoms with Crippen molar-refractivity contribution in [3.63, 3.8) is 0 Å². The van der Waals surface area contributed by atoms with E-state index in [1.165, 1.54) is 6.07 Å². The number of nitrogens with two attached hydrogens (primary N) is 1. The molecule has 4 heteroatoms. The van der Waals surface area contributed by atoms with Crippen molar-refractivity contribution < 1.29 is 4.39 Å². The van der Waals surface area contributed by atoms with Gasteiger partial charge in [-0.25, -0.2) is 4.39 Å². The highest BCUT2D eigenvalue weighted by molar-refractivity contribution is 5.52. The van der Waals surface area contributed by atoms with E-state index in [1.54, 1.807) is 18.3 Å². The summed E-state index contributed by atoms with van der Waals surface area (Å²) in [5.74, 6) is -0.328. The molecule has 0 atom stereocenters. The third-order valence-electron chi connectivity index (χ3n) is 2.42. The first kappa shape index (κ1) is 11.4. The minimum atomic E-state index is -0.328. The highest BCUT2D eigenvalue weighted by Gasteiger charge is 2.01. The summed E-state index contributed by atoms with van der Waals surface area (Å²) >= 11 is 0. The predicted octanol–water partition coefficient (Wildman–Crippen LogP) is 2.46. The standard InChI is InChI=1S/C13H14FN3/c14-12-9-10(15)4-5-13(12)17-8-6-11-3-1-2-7-16-11/h1-5,7,9,17H,6,8,15H2. The molecule has 1 aromatic heterocycles. The van der Waals surface area contributed by atoms with Crippen molar-refractivity contribution in [2.45, 2.75) is 6.42 Å². The highest BCUT2D eigenvalue weighted by atomic mass is 19.1. The molecule has 2 aromatic rings. The highest BCUT2D eigenvalue weighted by Crippen LogP contribution is 2.16. The van der Waals surface area contributed by atoms with Gasteiger partial charge in [0, 0.05) is 30.5 Å². The van der Waals surface area contributed by atoms with E-state index >= 15 is 0 Å². The zero-order valence-corrected chi connectivity index (χ0v) is 9.36. The lowest BCUT2D eigenvalue weighted by Gasteiger charge is -2.07. The van der Waals surface area contributed by atoms with E-state index in [2.05, 4.69) is 10.3 Å². The Morgan fingerprint density at radius 1 is 1.24 bits per heavy atom. The maximum atomic E-state index is 13.4. The normalized spacial score (nSPS) is 10.2. The molecular weight excluding hydrogens is 217 g/mol. The van der Waals surface area contributed by atoms with Gasteiger partial charge in [-0.05, 0) is 30.3 Å². The fourth-order valence-corrected chi connectivity index (χ4v) is 1.55. The van der Waals surface area contributed by atoms with Gasteiger partial charge in [-0.15, -0.1) is 0 Å². The number of nitrogen functional groups attached to an aromatic ring is 1. The molecule has 0 amide bonds. The molecule has 0 spiro atoms. The van der Waals surface area contributed by atoms with E-state index in [-0.39, 0.29) is 5.82 Å². The molecule has 0 bridgehead atoms. The van der Waals surface area contributed by atoms with Gasteiger partial charge >= 0.3 is 0 Å². The number of benzene rings is 1. The van der Waals surface area contributed by atoms with Crippen molar-refractivity contribution >= 4 is 11.4 Å². The second kappa shape index (κ2) is 5.30. The van der Waals surface area contributed by atoms with Gasteiger partial charge in [0.1, 0.15) is 5.82 Å². The van der Waals surface area contributed by atoms with Crippen LogP contribution in [0.15, 0.2) is 42.6 Å². The Morgan fingerprint density at radius 2 is 2.12 bits per heavy atom. The van der Waals surface area contributed by atoms with Crippen LogP contribution in [0.1, 0.15) is 5.69 Å². The summed E-state index contributed by atoms with van der Waals surface area (Å²) in [4.78, 5) is 4.19. The first-order valence-electron chi connectivity index (χ1n) is 5.44. The monoisotopic (exact) mass is 231 g/mol. The zero-order chi connectivity index (χ0) is 12.1. The van der Waals surface area contributed by atoms with Crippen LogP contribution < -0.4 is 11.1 Å². The summed E-state index contributed by atoms with van der Waals surface area (Å²) in [7, 11) is 0. The largest absolute Gasteiger partial charge is 0.399 e. The molecule has 88 valence electrons. The quantitative estimate of drug-likeness (QED) is 0.795. The number of pyridine rings is 1. The first-order valence-corrected chi connectivity index (χ1v) is 5.44. The SMILES string of the molecule is Nc1ccc(NCCc2ccccn2)c(F)c1. The maximum Gasteiger partial charge on any atom is 0.148 e. The maximum absolute atomic E-state index is 13.4. The van der Waals surface area contributed by atoms with E-state index in [0.29, 0.717) is 17.9 Å². The van der Waals surface area contributed by atoms with Gasteiger partial charge in [0.2, 0.25) is 0 Å². The lowest BCUT2D eigenvalue weighted by molar-refractivity contribution is 0.630. The first-order chi connectivity index (χ1) is 8.25. The smallest absolute Gasteiger partial charge is 0.148 e. The van der Waals surface area contributed by atoms with Gasteiger partial charge in [-0.2, -0.15) is 0 Å². The van der Waals surface area contributed by atoms with E-state index < -0.39 is 0 Å². The number of nitrogens with zero attached hydrogens (tertiary/aromatic N) is 1. The molecule has 0 aliphatic carbocycles. The van der Waals surface area contributed by atoms with Crippen LogP contribution in [0.3, 0.4) is 0 Å². The Kier molecular flexibility index (Phi) is 3.55. The topological polar surface area (TPSA) is 50.9 Å². The van der Waals surface area contributed by atoms with Gasteiger partial charge in [0.05, 0.1) is 5.69 Å². The number of hydrogen-bond donors (Lipinski definition) is 2.